The third kappa shape index (κ3) is 5.72. The van der Waals surface area contributed by atoms with Gasteiger partial charge in [-0.05, 0) is 37.0 Å². The molecule has 4 heteroatoms. The number of carboxylic acid groups (broad SMARTS) is 2. The molecule has 25 heavy (non-hydrogen) atoms. The molecule has 0 amide bonds. The third-order valence-electron chi connectivity index (χ3n) is 6.30. The lowest BCUT2D eigenvalue weighted by Crippen LogP contribution is -2.50. The fourth-order valence-corrected chi connectivity index (χ4v) is 4.79. The lowest BCUT2D eigenvalue weighted by Gasteiger charge is -2.47. The van der Waals surface area contributed by atoms with Crippen molar-refractivity contribution in [1.29, 1.82) is 0 Å². The van der Waals surface area contributed by atoms with Crippen molar-refractivity contribution >= 4 is 11.9 Å². The number of carboxylic acids is 2. The first-order valence-corrected chi connectivity index (χ1v) is 10.2. The highest BCUT2D eigenvalue weighted by Crippen LogP contribution is 2.51. The van der Waals surface area contributed by atoms with Gasteiger partial charge in [0, 0.05) is 0 Å². The van der Waals surface area contributed by atoms with Crippen molar-refractivity contribution in [1.82, 2.24) is 0 Å². The zero-order valence-corrected chi connectivity index (χ0v) is 16.6. The number of unbranched alkanes of at least 4 members (excludes halogenated alkanes) is 4. The Morgan fingerprint density at radius 3 is 2.12 bits per heavy atom. The average molecular weight is 355 g/mol. The van der Waals surface area contributed by atoms with Crippen LogP contribution in [0.25, 0.3) is 0 Å². The van der Waals surface area contributed by atoms with Crippen molar-refractivity contribution in [3.05, 3.63) is 0 Å². The first kappa shape index (κ1) is 22.0. The molecule has 2 N–H and O–H groups in total. The smallest absolute Gasteiger partial charge is 0.310 e. The molecule has 0 aliphatic heterocycles. The van der Waals surface area contributed by atoms with Crippen LogP contribution < -0.4 is 0 Å². The van der Waals surface area contributed by atoms with Gasteiger partial charge >= 0.3 is 11.9 Å². The second-order valence-corrected chi connectivity index (χ2v) is 8.68. The largest absolute Gasteiger partial charge is 0.481 e. The quantitative estimate of drug-likeness (QED) is 0.473. The molecule has 4 nitrogen and oxygen atoms in total. The number of aliphatic carboxylic acids is 2. The summed E-state index contributed by atoms with van der Waals surface area (Å²) in [4.78, 5) is 23.9. The number of hydrogen-bond acceptors (Lipinski definition) is 2. The molecule has 1 saturated carbocycles. The molecule has 1 rings (SSSR count). The normalized spacial score (nSPS) is 27.0. The van der Waals surface area contributed by atoms with Crippen LogP contribution in [0.5, 0.6) is 0 Å². The Hall–Kier alpha value is -1.06. The number of rotatable bonds is 11. The van der Waals surface area contributed by atoms with Gasteiger partial charge in [-0.25, -0.2) is 0 Å². The van der Waals surface area contributed by atoms with E-state index in [0.717, 1.165) is 25.2 Å². The molecule has 1 fully saturated rings. The summed E-state index contributed by atoms with van der Waals surface area (Å²) in [5.74, 6) is -1.65. The first-order chi connectivity index (χ1) is 11.7. The van der Waals surface area contributed by atoms with Crippen LogP contribution in [0.15, 0.2) is 0 Å². The summed E-state index contributed by atoms with van der Waals surface area (Å²) >= 11 is 0. The topological polar surface area (TPSA) is 74.6 Å². The van der Waals surface area contributed by atoms with Crippen LogP contribution in [0.3, 0.4) is 0 Å². The van der Waals surface area contributed by atoms with E-state index in [9.17, 15) is 19.8 Å². The van der Waals surface area contributed by atoms with E-state index in [1.165, 1.54) is 25.7 Å². The van der Waals surface area contributed by atoms with E-state index in [2.05, 4.69) is 13.8 Å². The minimum atomic E-state index is -0.876. The highest BCUT2D eigenvalue weighted by molar-refractivity contribution is 5.78. The summed E-state index contributed by atoms with van der Waals surface area (Å²) in [5, 5.41) is 19.6. The molecule has 0 bridgehead atoms. The van der Waals surface area contributed by atoms with Crippen LogP contribution in [0, 0.1) is 29.1 Å². The SMILES string of the molecule is CC(C)CCCCCCCC1C(C(=O)O)CCCC1(C(=O)O)C(C)C. The van der Waals surface area contributed by atoms with Crippen LogP contribution in [-0.2, 0) is 9.59 Å². The maximum absolute atomic E-state index is 12.1. The lowest BCUT2D eigenvalue weighted by molar-refractivity contribution is -0.168. The summed E-state index contributed by atoms with van der Waals surface area (Å²) in [6.07, 6.45) is 9.59. The van der Waals surface area contributed by atoms with Gasteiger partial charge in [-0.15, -0.1) is 0 Å². The van der Waals surface area contributed by atoms with Crippen molar-refractivity contribution in [3.8, 4) is 0 Å². The Morgan fingerprint density at radius 2 is 1.60 bits per heavy atom. The maximum Gasteiger partial charge on any atom is 0.310 e. The molecule has 0 aromatic carbocycles. The summed E-state index contributed by atoms with van der Waals surface area (Å²) in [5.41, 5.74) is -0.876. The highest BCUT2D eigenvalue weighted by atomic mass is 16.4. The van der Waals surface area contributed by atoms with E-state index in [0.29, 0.717) is 19.3 Å². The second-order valence-electron chi connectivity index (χ2n) is 8.68. The Balaban J connectivity index is 2.67. The molecule has 0 saturated heterocycles. The van der Waals surface area contributed by atoms with E-state index in [4.69, 9.17) is 0 Å². The molecule has 0 heterocycles. The fraction of sp³-hybridized carbons (Fsp3) is 0.905. The van der Waals surface area contributed by atoms with Gasteiger partial charge in [-0.2, -0.15) is 0 Å². The zero-order chi connectivity index (χ0) is 19.0. The summed E-state index contributed by atoms with van der Waals surface area (Å²) in [6.45, 7) is 8.37. The molecular formula is C21H38O4. The molecule has 0 aromatic rings. The molecule has 146 valence electrons. The Labute approximate surface area is 153 Å². The van der Waals surface area contributed by atoms with Crippen molar-refractivity contribution in [2.45, 2.75) is 91.9 Å². The van der Waals surface area contributed by atoms with Gasteiger partial charge in [-0.1, -0.05) is 72.6 Å². The fourth-order valence-electron chi connectivity index (χ4n) is 4.79. The van der Waals surface area contributed by atoms with E-state index in [1.807, 2.05) is 13.8 Å². The number of carbonyl (C=O) groups is 2. The number of hydrogen-bond donors (Lipinski definition) is 2. The molecule has 0 radical (unpaired) electrons. The summed E-state index contributed by atoms with van der Waals surface area (Å²) < 4.78 is 0. The standard InChI is InChI=1S/C21H38O4/c1-15(2)11-8-6-5-7-9-13-18-17(19(22)23)12-10-14-21(18,16(3)4)20(24)25/h15-18H,5-14H2,1-4H3,(H,22,23)(H,24,25). The van der Waals surface area contributed by atoms with Crippen molar-refractivity contribution < 1.29 is 19.8 Å². The Kier molecular flexibility index (Phi) is 8.95. The van der Waals surface area contributed by atoms with E-state index >= 15 is 0 Å². The second kappa shape index (κ2) is 10.2. The van der Waals surface area contributed by atoms with E-state index in [1.54, 1.807) is 0 Å². The molecule has 0 spiro atoms. The Bertz CT molecular complexity index is 430. The van der Waals surface area contributed by atoms with Crippen molar-refractivity contribution in [2.24, 2.45) is 29.1 Å². The van der Waals surface area contributed by atoms with Crippen LogP contribution in [0.4, 0.5) is 0 Å². The first-order valence-electron chi connectivity index (χ1n) is 10.2. The Morgan fingerprint density at radius 1 is 1.00 bits per heavy atom. The molecule has 1 aliphatic carbocycles. The highest BCUT2D eigenvalue weighted by Gasteiger charge is 2.54. The van der Waals surface area contributed by atoms with Gasteiger partial charge in [0.25, 0.3) is 0 Å². The minimum absolute atomic E-state index is 0.0387. The monoisotopic (exact) mass is 354 g/mol. The van der Waals surface area contributed by atoms with Crippen molar-refractivity contribution in [2.75, 3.05) is 0 Å². The lowest BCUT2D eigenvalue weighted by atomic mass is 9.55. The average Bonchev–Trinajstić information content (AvgIpc) is 2.52. The van der Waals surface area contributed by atoms with E-state index < -0.39 is 23.3 Å². The van der Waals surface area contributed by atoms with Crippen LogP contribution in [-0.4, -0.2) is 22.2 Å². The van der Waals surface area contributed by atoms with Gasteiger partial charge in [0.05, 0.1) is 11.3 Å². The van der Waals surface area contributed by atoms with Gasteiger partial charge < -0.3 is 10.2 Å². The summed E-state index contributed by atoms with van der Waals surface area (Å²) in [6, 6.07) is 0. The maximum atomic E-state index is 12.1. The van der Waals surface area contributed by atoms with Gasteiger partial charge in [0.2, 0.25) is 0 Å². The van der Waals surface area contributed by atoms with Gasteiger partial charge in [0.1, 0.15) is 0 Å². The third-order valence-corrected chi connectivity index (χ3v) is 6.30. The predicted octanol–water partition coefficient (Wildman–Crippen LogP) is 5.60. The zero-order valence-electron chi connectivity index (χ0n) is 16.6. The van der Waals surface area contributed by atoms with E-state index in [-0.39, 0.29) is 11.8 Å². The molecule has 1 aliphatic rings. The predicted molar refractivity (Wildman–Crippen MR) is 101 cm³/mol. The molecule has 3 unspecified atom stereocenters. The van der Waals surface area contributed by atoms with Crippen molar-refractivity contribution in [3.63, 3.8) is 0 Å². The molecule has 3 atom stereocenters. The molecular weight excluding hydrogens is 316 g/mol. The van der Waals surface area contributed by atoms with Gasteiger partial charge in [0.15, 0.2) is 0 Å². The molecule has 0 aromatic heterocycles. The van der Waals surface area contributed by atoms with Crippen LogP contribution in [0.2, 0.25) is 0 Å². The van der Waals surface area contributed by atoms with Crippen LogP contribution in [0.1, 0.15) is 91.9 Å². The summed E-state index contributed by atoms with van der Waals surface area (Å²) in [7, 11) is 0. The van der Waals surface area contributed by atoms with Crippen LogP contribution >= 0.6 is 0 Å². The van der Waals surface area contributed by atoms with Gasteiger partial charge in [-0.3, -0.25) is 9.59 Å². The minimum Gasteiger partial charge on any atom is -0.481 e.